The zero-order valence-corrected chi connectivity index (χ0v) is 9.64. The largest absolute Gasteiger partial charge is 0.359 e. The monoisotopic (exact) mass is 233 g/mol. The van der Waals surface area contributed by atoms with Crippen molar-refractivity contribution in [3.8, 4) is 6.19 Å². The van der Waals surface area contributed by atoms with Gasteiger partial charge in [0.2, 0.25) is 5.96 Å². The summed E-state index contributed by atoms with van der Waals surface area (Å²) in [6, 6.07) is 0. The molecule has 1 aromatic rings. The van der Waals surface area contributed by atoms with E-state index in [2.05, 4.69) is 30.9 Å². The maximum absolute atomic E-state index is 8.41. The number of guanidine groups is 1. The van der Waals surface area contributed by atoms with Gasteiger partial charge < -0.3 is 10.6 Å². The zero-order chi connectivity index (χ0) is 12.3. The summed E-state index contributed by atoms with van der Waals surface area (Å²) in [6.45, 7) is 1.93. The molecule has 1 heterocycles. The van der Waals surface area contributed by atoms with Crippen LogP contribution < -0.4 is 16.0 Å². The van der Waals surface area contributed by atoms with Crippen LogP contribution in [-0.4, -0.2) is 36.1 Å². The topological polar surface area (TPSA) is 98.0 Å². The van der Waals surface area contributed by atoms with E-state index in [4.69, 9.17) is 5.26 Å². The highest BCUT2D eigenvalue weighted by Gasteiger charge is 1.94. The minimum absolute atomic E-state index is 0.466. The van der Waals surface area contributed by atoms with Gasteiger partial charge in [-0.3, -0.25) is 20.3 Å². The number of hydrogen-bond donors (Lipinski definition) is 3. The van der Waals surface area contributed by atoms with Crippen LogP contribution in [0.2, 0.25) is 0 Å². The summed E-state index contributed by atoms with van der Waals surface area (Å²) in [4.78, 5) is 12.2. The molecule has 0 spiro atoms. The van der Waals surface area contributed by atoms with Gasteiger partial charge in [0.05, 0.1) is 12.2 Å². The van der Waals surface area contributed by atoms with Crippen LogP contribution in [0, 0.1) is 11.5 Å². The highest BCUT2D eigenvalue weighted by atomic mass is 15.2. The molecule has 0 aliphatic heterocycles. The van der Waals surface area contributed by atoms with E-state index in [1.165, 1.54) is 0 Å². The zero-order valence-electron chi connectivity index (χ0n) is 9.64. The number of rotatable bonds is 5. The van der Waals surface area contributed by atoms with Gasteiger partial charge in [-0.05, 0) is 0 Å². The van der Waals surface area contributed by atoms with Gasteiger partial charge >= 0.3 is 0 Å². The number of nitrogens with zero attached hydrogens (tertiary/aromatic N) is 4. The molecule has 0 atom stereocenters. The molecule has 1 rings (SSSR count). The molecule has 3 N–H and O–H groups in total. The molecule has 0 radical (unpaired) electrons. The van der Waals surface area contributed by atoms with E-state index >= 15 is 0 Å². The first-order valence-electron chi connectivity index (χ1n) is 5.19. The van der Waals surface area contributed by atoms with Gasteiger partial charge in [-0.1, -0.05) is 0 Å². The Morgan fingerprint density at radius 2 is 2.41 bits per heavy atom. The van der Waals surface area contributed by atoms with E-state index < -0.39 is 0 Å². The summed E-state index contributed by atoms with van der Waals surface area (Å²) in [7, 11) is 1.70. The minimum atomic E-state index is 0.466. The molecule has 0 aliphatic rings. The fourth-order valence-corrected chi connectivity index (χ4v) is 1.12. The molecule has 7 nitrogen and oxygen atoms in total. The third-order valence-electron chi connectivity index (χ3n) is 1.89. The molecule has 90 valence electrons. The van der Waals surface area contributed by atoms with Gasteiger partial charge in [0.25, 0.3) is 0 Å². The highest BCUT2D eigenvalue weighted by Crippen LogP contribution is 1.87. The third-order valence-corrected chi connectivity index (χ3v) is 1.89. The molecule has 7 heteroatoms. The summed E-state index contributed by atoms with van der Waals surface area (Å²) in [5.74, 6) is 0.466. The molecule has 17 heavy (non-hydrogen) atoms. The second kappa shape index (κ2) is 8.01. The van der Waals surface area contributed by atoms with Gasteiger partial charge in [0.1, 0.15) is 0 Å². The lowest BCUT2D eigenvalue weighted by Crippen LogP contribution is -2.32. The molecular weight excluding hydrogens is 218 g/mol. The molecule has 0 fully saturated rings. The van der Waals surface area contributed by atoms with Gasteiger partial charge in [-0.2, -0.15) is 5.26 Å². The van der Waals surface area contributed by atoms with Crippen molar-refractivity contribution >= 4 is 5.96 Å². The Morgan fingerprint density at radius 1 is 1.53 bits per heavy atom. The predicted octanol–water partition coefficient (Wildman–Crippen LogP) is -0.788. The number of nitriles is 1. The summed E-state index contributed by atoms with van der Waals surface area (Å²) in [5.41, 5.74) is 0.889. The first-order valence-corrected chi connectivity index (χ1v) is 5.19. The molecule has 0 aliphatic carbocycles. The van der Waals surface area contributed by atoms with Crippen molar-refractivity contribution < 1.29 is 0 Å². The normalized spacial score (nSPS) is 10.7. The highest BCUT2D eigenvalue weighted by molar-refractivity contribution is 5.80. The van der Waals surface area contributed by atoms with Crippen LogP contribution in [0.4, 0.5) is 0 Å². The van der Waals surface area contributed by atoms with E-state index in [9.17, 15) is 0 Å². The summed E-state index contributed by atoms with van der Waals surface area (Å²) < 4.78 is 0. The van der Waals surface area contributed by atoms with Crippen molar-refractivity contribution in [3.05, 3.63) is 24.3 Å². The smallest absolute Gasteiger partial charge is 0.204 e. The average molecular weight is 233 g/mol. The van der Waals surface area contributed by atoms with Crippen molar-refractivity contribution in [1.82, 2.24) is 25.9 Å². The van der Waals surface area contributed by atoms with Crippen molar-refractivity contribution in [1.29, 1.82) is 5.26 Å². The maximum Gasteiger partial charge on any atom is 0.204 e. The molecule has 1 aromatic heterocycles. The SMILES string of the molecule is CN/C(=N/CCNCc1cnccn1)NC#N. The van der Waals surface area contributed by atoms with Crippen molar-refractivity contribution in [2.75, 3.05) is 20.1 Å². The second-order valence-corrected chi connectivity index (χ2v) is 3.09. The Morgan fingerprint density at radius 3 is 3.06 bits per heavy atom. The number of aliphatic imine (C=N–C) groups is 1. The molecule has 0 bridgehead atoms. The van der Waals surface area contributed by atoms with Gasteiger partial charge in [0, 0.05) is 38.7 Å². The lowest BCUT2D eigenvalue weighted by atomic mass is 10.4. The number of nitrogens with one attached hydrogen (secondary N) is 3. The Hall–Kier alpha value is -2.20. The molecule has 0 saturated heterocycles. The minimum Gasteiger partial charge on any atom is -0.359 e. The molecule has 0 saturated carbocycles. The molecule has 0 aromatic carbocycles. The quantitative estimate of drug-likeness (QED) is 0.203. The third kappa shape index (κ3) is 5.44. The fourth-order valence-electron chi connectivity index (χ4n) is 1.12. The van der Waals surface area contributed by atoms with Crippen LogP contribution in [0.1, 0.15) is 5.69 Å². The summed E-state index contributed by atoms with van der Waals surface area (Å²) in [5, 5.41) is 16.8. The first-order chi connectivity index (χ1) is 8.36. The Labute approximate surface area is 100.0 Å². The van der Waals surface area contributed by atoms with E-state index in [1.54, 1.807) is 31.8 Å². The van der Waals surface area contributed by atoms with E-state index in [1.807, 2.05) is 0 Å². The second-order valence-electron chi connectivity index (χ2n) is 3.09. The first kappa shape index (κ1) is 12.9. The number of aromatic nitrogens is 2. The van der Waals surface area contributed by atoms with Crippen molar-refractivity contribution in [2.24, 2.45) is 4.99 Å². The van der Waals surface area contributed by atoms with E-state index in [0.29, 0.717) is 25.6 Å². The van der Waals surface area contributed by atoms with Gasteiger partial charge in [-0.15, -0.1) is 0 Å². The Bertz CT molecular complexity index is 381. The van der Waals surface area contributed by atoms with Crippen LogP contribution in [0.25, 0.3) is 0 Å². The van der Waals surface area contributed by atoms with Crippen LogP contribution >= 0.6 is 0 Å². The van der Waals surface area contributed by atoms with Crippen LogP contribution in [0.15, 0.2) is 23.6 Å². The molecule has 0 amide bonds. The molecule has 0 unspecified atom stereocenters. The summed E-state index contributed by atoms with van der Waals surface area (Å²) >= 11 is 0. The maximum atomic E-state index is 8.41. The van der Waals surface area contributed by atoms with E-state index in [-0.39, 0.29) is 0 Å². The van der Waals surface area contributed by atoms with Crippen LogP contribution in [0.5, 0.6) is 0 Å². The van der Waals surface area contributed by atoms with Crippen molar-refractivity contribution in [2.45, 2.75) is 6.54 Å². The van der Waals surface area contributed by atoms with Gasteiger partial charge in [0.15, 0.2) is 6.19 Å². The van der Waals surface area contributed by atoms with Crippen LogP contribution in [0.3, 0.4) is 0 Å². The summed E-state index contributed by atoms with van der Waals surface area (Å²) in [6.07, 6.45) is 6.82. The molecular formula is C10H15N7. The lowest BCUT2D eigenvalue weighted by Gasteiger charge is -2.03. The Balaban J connectivity index is 2.18. The number of hydrogen-bond acceptors (Lipinski definition) is 5. The van der Waals surface area contributed by atoms with Crippen molar-refractivity contribution in [3.63, 3.8) is 0 Å². The average Bonchev–Trinajstić information content (AvgIpc) is 2.38. The standard InChI is InChI=1S/C10H15N7/c1-12-10(17-8-11)16-5-3-14-7-9-6-13-2-4-15-9/h2,4,6,14H,3,5,7H2,1H3,(H2,12,16,17). The van der Waals surface area contributed by atoms with Crippen LogP contribution in [-0.2, 0) is 6.54 Å². The van der Waals surface area contributed by atoms with Gasteiger partial charge in [-0.25, -0.2) is 0 Å². The predicted molar refractivity (Wildman–Crippen MR) is 63.8 cm³/mol. The lowest BCUT2D eigenvalue weighted by molar-refractivity contribution is 0.678. The Kier molecular flexibility index (Phi) is 6.06. The fraction of sp³-hybridized carbons (Fsp3) is 0.400. The van der Waals surface area contributed by atoms with E-state index in [0.717, 1.165) is 5.69 Å².